The van der Waals surface area contributed by atoms with E-state index in [2.05, 4.69) is 49.3 Å². The van der Waals surface area contributed by atoms with Crippen molar-refractivity contribution >= 4 is 22.6 Å². The van der Waals surface area contributed by atoms with E-state index in [4.69, 9.17) is 0 Å². The molecule has 2 rings (SSSR count). The largest absolute Gasteiger partial charge is 0.335 e. The lowest BCUT2D eigenvalue weighted by Gasteiger charge is -2.08. The molecule has 0 aliphatic carbocycles. The molecule has 0 saturated carbocycles. The minimum atomic E-state index is 0.447. The predicted octanol–water partition coefficient (Wildman–Crippen LogP) is 3.21. The van der Waals surface area contributed by atoms with Gasteiger partial charge in [-0.3, -0.25) is 4.99 Å². The fourth-order valence-electron chi connectivity index (χ4n) is 1.61. The number of nitrogens with zero attached hydrogens (tertiary/aromatic N) is 1. The third kappa shape index (κ3) is 2.53. The first-order valence-corrected chi connectivity index (χ1v) is 6.18. The fourth-order valence-corrected chi connectivity index (χ4v) is 2.52. The van der Waals surface area contributed by atoms with Crippen molar-refractivity contribution < 1.29 is 0 Å². The number of amidine groups is 1. The van der Waals surface area contributed by atoms with Crippen LogP contribution in [0.4, 0.5) is 5.69 Å². The summed E-state index contributed by atoms with van der Waals surface area (Å²) in [5.74, 6) is 1.09. The molecule has 2 nitrogen and oxygen atoms in total. The van der Waals surface area contributed by atoms with Crippen LogP contribution >= 0.6 is 11.8 Å². The van der Waals surface area contributed by atoms with Crippen LogP contribution in [0.3, 0.4) is 0 Å². The van der Waals surface area contributed by atoms with E-state index < -0.39 is 0 Å². The predicted molar refractivity (Wildman–Crippen MR) is 68.9 cm³/mol. The van der Waals surface area contributed by atoms with Gasteiger partial charge in [-0.1, -0.05) is 29.5 Å². The average molecular weight is 220 g/mol. The van der Waals surface area contributed by atoms with Crippen LogP contribution in [0.15, 0.2) is 23.2 Å². The van der Waals surface area contributed by atoms with Gasteiger partial charge in [-0.15, -0.1) is 0 Å². The number of aliphatic imine (C=N–C) groups is 1. The highest BCUT2D eigenvalue weighted by atomic mass is 32.2. The summed E-state index contributed by atoms with van der Waals surface area (Å²) < 4.78 is 0. The van der Waals surface area contributed by atoms with Gasteiger partial charge in [0, 0.05) is 11.4 Å². The maximum atomic E-state index is 4.52. The summed E-state index contributed by atoms with van der Waals surface area (Å²) in [6, 6.07) is 6.88. The van der Waals surface area contributed by atoms with E-state index in [1.165, 1.54) is 16.8 Å². The second-order valence-corrected chi connectivity index (χ2v) is 5.05. The van der Waals surface area contributed by atoms with Crippen molar-refractivity contribution in [2.24, 2.45) is 4.99 Å². The lowest BCUT2D eigenvalue weighted by atomic mass is 10.1. The first-order valence-electron chi connectivity index (χ1n) is 5.20. The van der Waals surface area contributed by atoms with E-state index in [1.54, 1.807) is 11.8 Å². The lowest BCUT2D eigenvalue weighted by Crippen LogP contribution is -2.06. The average Bonchev–Trinajstić information content (AvgIpc) is 2.56. The zero-order valence-corrected chi connectivity index (χ0v) is 10.2. The molecule has 0 fully saturated rings. The molecule has 15 heavy (non-hydrogen) atoms. The van der Waals surface area contributed by atoms with Gasteiger partial charge >= 0.3 is 0 Å². The van der Waals surface area contributed by atoms with Crippen molar-refractivity contribution in [2.75, 3.05) is 11.1 Å². The molecule has 0 radical (unpaired) electrons. The Morgan fingerprint density at radius 3 is 2.80 bits per heavy atom. The lowest BCUT2D eigenvalue weighted by molar-refractivity contribution is 0.865. The summed E-state index contributed by atoms with van der Waals surface area (Å²) in [6.07, 6.45) is 0. The Bertz CT molecular complexity index is 399. The number of hydrogen-bond acceptors (Lipinski definition) is 3. The SMILES string of the molecule is Cc1ccc(NC2=N[C@H](C)CS2)c(C)c1. The maximum Gasteiger partial charge on any atom is 0.161 e. The van der Waals surface area contributed by atoms with Crippen LogP contribution in [0.5, 0.6) is 0 Å². The van der Waals surface area contributed by atoms with Gasteiger partial charge in [-0.05, 0) is 32.4 Å². The Morgan fingerprint density at radius 1 is 1.40 bits per heavy atom. The van der Waals surface area contributed by atoms with Crippen LogP contribution in [0.1, 0.15) is 18.1 Å². The van der Waals surface area contributed by atoms with Gasteiger partial charge < -0.3 is 5.32 Å². The van der Waals surface area contributed by atoms with Crippen molar-refractivity contribution in [3.05, 3.63) is 29.3 Å². The van der Waals surface area contributed by atoms with E-state index in [9.17, 15) is 0 Å². The molecular weight excluding hydrogens is 204 g/mol. The van der Waals surface area contributed by atoms with Gasteiger partial charge in [0.2, 0.25) is 0 Å². The Morgan fingerprint density at radius 2 is 2.20 bits per heavy atom. The monoisotopic (exact) mass is 220 g/mol. The third-order valence-corrected chi connectivity index (χ3v) is 3.55. The molecule has 1 atom stereocenters. The molecule has 80 valence electrons. The van der Waals surface area contributed by atoms with Crippen molar-refractivity contribution in [3.63, 3.8) is 0 Å². The smallest absolute Gasteiger partial charge is 0.161 e. The van der Waals surface area contributed by atoms with E-state index in [1.807, 2.05) is 0 Å². The van der Waals surface area contributed by atoms with Crippen molar-refractivity contribution in [1.82, 2.24) is 0 Å². The minimum Gasteiger partial charge on any atom is -0.335 e. The number of aryl methyl sites for hydroxylation is 2. The van der Waals surface area contributed by atoms with Crippen LogP contribution < -0.4 is 5.32 Å². The Kier molecular flexibility index (Phi) is 3.00. The quantitative estimate of drug-likeness (QED) is 0.786. The Balaban J connectivity index is 2.14. The molecule has 1 aliphatic rings. The minimum absolute atomic E-state index is 0.447. The van der Waals surface area contributed by atoms with Crippen LogP contribution in [0.2, 0.25) is 0 Å². The first-order chi connectivity index (χ1) is 7.15. The number of rotatable bonds is 1. The second-order valence-electron chi connectivity index (χ2n) is 4.04. The van der Waals surface area contributed by atoms with Crippen LogP contribution in [-0.4, -0.2) is 17.0 Å². The van der Waals surface area contributed by atoms with Gasteiger partial charge in [0.25, 0.3) is 0 Å². The zero-order valence-electron chi connectivity index (χ0n) is 9.37. The normalized spacial score (nSPS) is 20.2. The first kappa shape index (κ1) is 10.6. The highest BCUT2D eigenvalue weighted by molar-refractivity contribution is 8.14. The van der Waals surface area contributed by atoms with Crippen LogP contribution in [-0.2, 0) is 0 Å². The molecule has 1 aliphatic heterocycles. The summed E-state index contributed by atoms with van der Waals surface area (Å²) in [5, 5.41) is 4.43. The third-order valence-electron chi connectivity index (χ3n) is 2.42. The van der Waals surface area contributed by atoms with Gasteiger partial charge in [-0.25, -0.2) is 0 Å². The molecule has 0 aromatic heterocycles. The summed E-state index contributed by atoms with van der Waals surface area (Å²) in [7, 11) is 0. The molecule has 3 heteroatoms. The van der Waals surface area contributed by atoms with Gasteiger partial charge in [-0.2, -0.15) is 0 Å². The number of benzene rings is 1. The highest BCUT2D eigenvalue weighted by Crippen LogP contribution is 2.22. The summed E-state index contributed by atoms with van der Waals surface area (Å²) in [6.45, 7) is 6.38. The molecule has 1 aromatic rings. The van der Waals surface area contributed by atoms with Crippen molar-refractivity contribution in [3.8, 4) is 0 Å². The Labute approximate surface area is 95.2 Å². The molecule has 0 spiro atoms. The maximum absolute atomic E-state index is 4.52. The number of anilines is 1. The second kappa shape index (κ2) is 4.27. The molecule has 0 bridgehead atoms. The van der Waals surface area contributed by atoms with Crippen molar-refractivity contribution in [2.45, 2.75) is 26.8 Å². The van der Waals surface area contributed by atoms with Crippen molar-refractivity contribution in [1.29, 1.82) is 0 Å². The van der Waals surface area contributed by atoms with Gasteiger partial charge in [0.15, 0.2) is 5.17 Å². The molecule has 1 N–H and O–H groups in total. The van der Waals surface area contributed by atoms with E-state index in [0.29, 0.717) is 6.04 Å². The molecule has 0 amide bonds. The molecule has 1 aromatic carbocycles. The number of hydrogen-bond donors (Lipinski definition) is 1. The summed E-state index contributed by atoms with van der Waals surface area (Å²) in [5.41, 5.74) is 3.74. The standard InChI is InChI=1S/C12H16N2S/c1-8-4-5-11(9(2)6-8)14-12-13-10(3)7-15-12/h4-6,10H,7H2,1-3H3,(H,13,14)/t10-/m1/s1. The topological polar surface area (TPSA) is 24.4 Å². The number of nitrogens with one attached hydrogen (secondary N) is 1. The van der Waals surface area contributed by atoms with Gasteiger partial charge in [0.05, 0.1) is 6.04 Å². The van der Waals surface area contributed by atoms with E-state index >= 15 is 0 Å². The number of thioether (sulfide) groups is 1. The van der Waals surface area contributed by atoms with E-state index in [0.717, 1.165) is 10.9 Å². The van der Waals surface area contributed by atoms with Crippen LogP contribution in [0.25, 0.3) is 0 Å². The fraction of sp³-hybridized carbons (Fsp3) is 0.417. The van der Waals surface area contributed by atoms with Gasteiger partial charge in [0.1, 0.15) is 0 Å². The molecule has 0 unspecified atom stereocenters. The highest BCUT2D eigenvalue weighted by Gasteiger charge is 2.14. The van der Waals surface area contributed by atoms with E-state index in [-0.39, 0.29) is 0 Å². The summed E-state index contributed by atoms with van der Waals surface area (Å²) >= 11 is 1.80. The zero-order chi connectivity index (χ0) is 10.8. The Hall–Kier alpha value is -0.960. The molecular formula is C12H16N2S. The molecule has 0 saturated heterocycles. The molecule has 1 heterocycles. The summed E-state index contributed by atoms with van der Waals surface area (Å²) in [4.78, 5) is 4.52. The van der Waals surface area contributed by atoms with Crippen LogP contribution in [0, 0.1) is 13.8 Å².